The van der Waals surface area contributed by atoms with Gasteiger partial charge in [-0.1, -0.05) is 83.9 Å². The number of rotatable bonds is 4. The minimum atomic E-state index is -1.55. The average Bonchev–Trinajstić information content (AvgIpc) is 3.43. The molecule has 4 aromatic carbocycles. The molecule has 2 heterocycles. The third kappa shape index (κ3) is 3.52. The zero-order valence-corrected chi connectivity index (χ0v) is 23.3. The van der Waals surface area contributed by atoms with Crippen LogP contribution in [0.2, 0.25) is 5.02 Å². The lowest BCUT2D eigenvalue weighted by atomic mass is 9.64. The number of fused-ring (bicyclic) bond motifs is 5. The van der Waals surface area contributed by atoms with E-state index in [1.165, 1.54) is 0 Å². The SMILES string of the molecule is COc1cccc(C(=O)[C@@H]2[C@@H](c3ccc(Cl)cc3)C3(C(=O)c4ccccc4C3=O)[C@H]3C=Cc4cc(C)ccc4N23)c1. The van der Waals surface area contributed by atoms with Crippen molar-refractivity contribution in [2.45, 2.75) is 24.9 Å². The summed E-state index contributed by atoms with van der Waals surface area (Å²) in [5, 5.41) is 0.530. The van der Waals surface area contributed by atoms with Gasteiger partial charge in [0.15, 0.2) is 17.3 Å². The van der Waals surface area contributed by atoms with Crippen LogP contribution in [-0.2, 0) is 0 Å². The number of Topliss-reactive ketones (excluding diaryl/α,β-unsaturated/α-hetero) is 3. The molecule has 1 fully saturated rings. The van der Waals surface area contributed by atoms with Crippen LogP contribution in [0, 0.1) is 12.3 Å². The Labute approximate surface area is 243 Å². The molecule has 3 aliphatic rings. The molecule has 6 heteroatoms. The fourth-order valence-corrected chi connectivity index (χ4v) is 7.21. The number of carbonyl (C=O) groups excluding carboxylic acids is 3. The van der Waals surface area contributed by atoms with Crippen LogP contribution in [0.15, 0.2) is 97.1 Å². The first kappa shape index (κ1) is 25.5. The summed E-state index contributed by atoms with van der Waals surface area (Å²) in [5.41, 5.74) is 3.23. The number of hydrogen-bond acceptors (Lipinski definition) is 5. The molecule has 3 atom stereocenters. The van der Waals surface area contributed by atoms with Crippen LogP contribution < -0.4 is 9.64 Å². The Hall–Kier alpha value is -4.48. The highest BCUT2D eigenvalue weighted by Gasteiger charge is 2.71. The summed E-state index contributed by atoms with van der Waals surface area (Å²) in [6, 6.07) is 25.7. The van der Waals surface area contributed by atoms with Crippen LogP contribution in [0.25, 0.3) is 6.08 Å². The molecule has 0 N–H and O–H groups in total. The number of hydrogen-bond donors (Lipinski definition) is 0. The Kier molecular flexibility index (Phi) is 5.77. The highest BCUT2D eigenvalue weighted by Crippen LogP contribution is 2.61. The normalized spacial score (nSPS) is 21.5. The monoisotopic (exact) mass is 559 g/mol. The summed E-state index contributed by atoms with van der Waals surface area (Å²) in [6.07, 6.45) is 3.91. The zero-order valence-electron chi connectivity index (χ0n) is 22.5. The summed E-state index contributed by atoms with van der Waals surface area (Å²) in [5.74, 6) is -0.932. The second-order valence-corrected chi connectivity index (χ2v) is 11.4. The molecule has 0 radical (unpaired) electrons. The van der Waals surface area contributed by atoms with E-state index >= 15 is 0 Å². The van der Waals surface area contributed by atoms with Crippen molar-refractivity contribution in [2.24, 2.45) is 5.41 Å². The minimum Gasteiger partial charge on any atom is -0.497 e. The van der Waals surface area contributed by atoms with Gasteiger partial charge in [0.1, 0.15) is 17.2 Å². The molecular weight excluding hydrogens is 534 g/mol. The first-order valence-corrected chi connectivity index (χ1v) is 13.9. The van der Waals surface area contributed by atoms with Crippen molar-refractivity contribution in [1.82, 2.24) is 0 Å². The van der Waals surface area contributed by atoms with Gasteiger partial charge in [-0.3, -0.25) is 14.4 Å². The quantitative estimate of drug-likeness (QED) is 0.199. The van der Waals surface area contributed by atoms with Crippen LogP contribution in [0.1, 0.15) is 53.7 Å². The number of methoxy groups -OCH3 is 1. The number of benzene rings is 4. The first-order chi connectivity index (χ1) is 19.9. The lowest BCUT2D eigenvalue weighted by Gasteiger charge is -2.37. The van der Waals surface area contributed by atoms with Gasteiger partial charge < -0.3 is 9.64 Å². The Morgan fingerprint density at radius 1 is 0.878 bits per heavy atom. The third-order valence-corrected chi connectivity index (χ3v) is 9.06. The molecule has 1 aliphatic carbocycles. The summed E-state index contributed by atoms with van der Waals surface area (Å²) >= 11 is 6.30. The summed E-state index contributed by atoms with van der Waals surface area (Å²) in [4.78, 5) is 46.1. The Morgan fingerprint density at radius 3 is 2.27 bits per heavy atom. The summed E-state index contributed by atoms with van der Waals surface area (Å²) in [6.45, 7) is 2.02. The minimum absolute atomic E-state index is 0.191. The smallest absolute Gasteiger partial charge is 0.186 e. The van der Waals surface area contributed by atoms with Crippen molar-refractivity contribution >= 4 is 40.7 Å². The zero-order chi connectivity index (χ0) is 28.5. The van der Waals surface area contributed by atoms with Crippen molar-refractivity contribution in [1.29, 1.82) is 0 Å². The molecule has 0 amide bonds. The molecular formula is C35H26ClNO4. The van der Waals surface area contributed by atoms with E-state index in [1.54, 1.807) is 67.8 Å². The third-order valence-electron chi connectivity index (χ3n) is 8.81. The highest BCUT2D eigenvalue weighted by molar-refractivity contribution is 6.32. The number of nitrogens with zero attached hydrogens (tertiary/aromatic N) is 1. The van der Waals surface area contributed by atoms with Gasteiger partial charge in [-0.15, -0.1) is 0 Å². The molecule has 41 heavy (non-hydrogen) atoms. The maximum Gasteiger partial charge on any atom is 0.186 e. The Bertz CT molecular complexity index is 1760. The predicted octanol–water partition coefficient (Wildman–Crippen LogP) is 6.97. The van der Waals surface area contributed by atoms with Crippen molar-refractivity contribution in [3.63, 3.8) is 0 Å². The molecule has 1 saturated heterocycles. The number of halogens is 1. The summed E-state index contributed by atoms with van der Waals surface area (Å²) < 4.78 is 5.44. The maximum atomic E-state index is 14.8. The number of carbonyl (C=O) groups is 3. The van der Waals surface area contributed by atoms with Crippen LogP contribution in [0.5, 0.6) is 5.75 Å². The van der Waals surface area contributed by atoms with Crippen molar-refractivity contribution in [2.75, 3.05) is 12.0 Å². The molecule has 0 aromatic heterocycles. The highest BCUT2D eigenvalue weighted by atomic mass is 35.5. The molecule has 4 aromatic rings. The number of ether oxygens (including phenoxy) is 1. The van der Waals surface area contributed by atoms with Gasteiger partial charge >= 0.3 is 0 Å². The lowest BCUT2D eigenvalue weighted by molar-refractivity contribution is 0.0666. The van der Waals surface area contributed by atoms with Gasteiger partial charge in [-0.2, -0.15) is 0 Å². The van der Waals surface area contributed by atoms with E-state index in [0.29, 0.717) is 33.0 Å². The van der Waals surface area contributed by atoms with E-state index in [1.807, 2.05) is 48.2 Å². The first-order valence-electron chi connectivity index (χ1n) is 13.6. The predicted molar refractivity (Wildman–Crippen MR) is 159 cm³/mol. The molecule has 2 aliphatic heterocycles. The molecule has 5 nitrogen and oxygen atoms in total. The van der Waals surface area contributed by atoms with Gasteiger partial charge in [0, 0.05) is 33.3 Å². The Balaban J connectivity index is 1.54. The molecule has 0 saturated carbocycles. The average molecular weight is 560 g/mol. The molecule has 7 rings (SSSR count). The van der Waals surface area contributed by atoms with Crippen LogP contribution >= 0.6 is 11.6 Å². The van der Waals surface area contributed by atoms with E-state index in [-0.39, 0.29) is 17.3 Å². The van der Waals surface area contributed by atoms with Gasteiger partial charge in [0.05, 0.1) is 13.2 Å². The summed E-state index contributed by atoms with van der Waals surface area (Å²) in [7, 11) is 1.56. The van der Waals surface area contributed by atoms with Crippen molar-refractivity contribution in [3.05, 3.63) is 135 Å². The number of ketones is 3. The van der Waals surface area contributed by atoms with Gasteiger partial charge in [-0.05, 0) is 54.4 Å². The molecule has 1 spiro atoms. The van der Waals surface area contributed by atoms with Gasteiger partial charge in [0.25, 0.3) is 0 Å². The van der Waals surface area contributed by atoms with Crippen molar-refractivity contribution < 1.29 is 19.1 Å². The lowest BCUT2D eigenvalue weighted by Crippen LogP contribution is -2.48. The van der Waals surface area contributed by atoms with Crippen LogP contribution in [-0.4, -0.2) is 36.5 Å². The molecule has 0 bridgehead atoms. The standard InChI is InChI=1S/C35H26ClNO4/c1-20-10-16-28-22(18-20)13-17-29-35(33(39)26-8-3-4-9-27(26)34(35)40)30(21-11-14-24(36)15-12-21)31(37(28)29)32(38)23-6-5-7-25(19-23)41-2/h3-19,29-31H,1-2H3/t29-,30-,31+/m1/s1. The molecule has 0 unspecified atom stereocenters. The van der Waals surface area contributed by atoms with Crippen LogP contribution in [0.4, 0.5) is 5.69 Å². The van der Waals surface area contributed by atoms with Gasteiger partial charge in [-0.25, -0.2) is 0 Å². The van der Waals surface area contributed by atoms with E-state index in [9.17, 15) is 14.4 Å². The molecule has 202 valence electrons. The fraction of sp³-hybridized carbons (Fsp3) is 0.171. The number of aryl methyl sites for hydroxylation is 1. The second kappa shape index (κ2) is 9.28. The van der Waals surface area contributed by atoms with Gasteiger partial charge in [0.2, 0.25) is 0 Å². The van der Waals surface area contributed by atoms with E-state index < -0.39 is 23.4 Å². The van der Waals surface area contributed by atoms with E-state index in [0.717, 1.165) is 16.8 Å². The van der Waals surface area contributed by atoms with E-state index in [4.69, 9.17) is 16.3 Å². The Morgan fingerprint density at radius 2 is 1.59 bits per heavy atom. The van der Waals surface area contributed by atoms with E-state index in [2.05, 4.69) is 6.07 Å². The van der Waals surface area contributed by atoms with Crippen LogP contribution in [0.3, 0.4) is 0 Å². The number of anilines is 1. The maximum absolute atomic E-state index is 14.8. The topological polar surface area (TPSA) is 63.7 Å². The fourth-order valence-electron chi connectivity index (χ4n) is 7.09. The van der Waals surface area contributed by atoms with Crippen molar-refractivity contribution in [3.8, 4) is 5.75 Å². The second-order valence-electron chi connectivity index (χ2n) is 10.9. The largest absolute Gasteiger partial charge is 0.497 e.